The van der Waals surface area contributed by atoms with E-state index in [2.05, 4.69) is 4.90 Å². The number of hydrogen-bond donors (Lipinski definition) is 0. The Labute approximate surface area is 155 Å². The summed E-state index contributed by atoms with van der Waals surface area (Å²) in [5.74, 6) is 0.297. The molecule has 1 amide bonds. The van der Waals surface area contributed by atoms with Crippen molar-refractivity contribution < 1.29 is 13.2 Å². The van der Waals surface area contributed by atoms with Crippen molar-refractivity contribution in [2.24, 2.45) is 5.92 Å². The summed E-state index contributed by atoms with van der Waals surface area (Å²) in [6.07, 6.45) is 3.58. The first-order chi connectivity index (χ1) is 12.4. The third-order valence-corrected chi connectivity index (χ3v) is 7.84. The van der Waals surface area contributed by atoms with Gasteiger partial charge in [-0.2, -0.15) is 4.31 Å². The maximum Gasteiger partial charge on any atom is 0.243 e. The minimum absolute atomic E-state index is 0.0815. The average Bonchev–Trinajstić information content (AvgIpc) is 3.32. The highest BCUT2D eigenvalue weighted by Crippen LogP contribution is 2.28. The highest BCUT2D eigenvalue weighted by Gasteiger charge is 2.32. The lowest BCUT2D eigenvalue weighted by atomic mass is 9.98. The molecule has 0 bridgehead atoms. The number of sulfonamides is 1. The fraction of sp³-hybridized carbons (Fsp3) is 0.632. The molecule has 2 saturated heterocycles. The Kier molecular flexibility index (Phi) is 4.79. The average molecular weight is 378 g/mol. The first-order valence-electron chi connectivity index (χ1n) is 9.54. The highest BCUT2D eigenvalue weighted by molar-refractivity contribution is 7.89. The third kappa shape index (κ3) is 3.28. The third-order valence-electron chi connectivity index (χ3n) is 5.95. The van der Waals surface area contributed by atoms with Crippen molar-refractivity contribution in [1.82, 2.24) is 14.1 Å². The number of fused-ring (bicyclic) bond motifs is 1. The molecule has 1 aromatic rings. The van der Waals surface area contributed by atoms with E-state index in [9.17, 15) is 13.2 Å². The van der Waals surface area contributed by atoms with E-state index in [-0.39, 0.29) is 11.8 Å². The molecule has 1 atom stereocenters. The van der Waals surface area contributed by atoms with Crippen molar-refractivity contribution in [3.63, 3.8) is 0 Å². The summed E-state index contributed by atoms with van der Waals surface area (Å²) in [7, 11) is -1.36. The van der Waals surface area contributed by atoms with Crippen LogP contribution in [-0.4, -0.2) is 68.2 Å². The Morgan fingerprint density at radius 2 is 1.85 bits per heavy atom. The molecule has 142 valence electrons. The SMILES string of the molecule is CN1CC[C@@H](C(=O)N2CCc3ccc(S(=O)(=O)N4CCCC4)cc3C2)C1. The minimum Gasteiger partial charge on any atom is -0.338 e. The zero-order valence-corrected chi connectivity index (χ0v) is 16.2. The molecule has 2 fully saturated rings. The van der Waals surface area contributed by atoms with Crippen molar-refractivity contribution in [1.29, 1.82) is 0 Å². The Balaban J connectivity index is 1.54. The predicted molar refractivity (Wildman–Crippen MR) is 99.2 cm³/mol. The summed E-state index contributed by atoms with van der Waals surface area (Å²) < 4.78 is 27.2. The van der Waals surface area contributed by atoms with Gasteiger partial charge in [-0.3, -0.25) is 4.79 Å². The van der Waals surface area contributed by atoms with E-state index >= 15 is 0 Å². The number of likely N-dealkylation sites (tertiary alicyclic amines) is 1. The zero-order valence-electron chi connectivity index (χ0n) is 15.4. The van der Waals surface area contributed by atoms with Crippen LogP contribution in [0.4, 0.5) is 0 Å². The van der Waals surface area contributed by atoms with Gasteiger partial charge >= 0.3 is 0 Å². The topological polar surface area (TPSA) is 60.9 Å². The van der Waals surface area contributed by atoms with Crippen LogP contribution in [0.15, 0.2) is 23.1 Å². The number of carbonyl (C=O) groups is 1. The summed E-state index contributed by atoms with van der Waals surface area (Å²) >= 11 is 0. The van der Waals surface area contributed by atoms with Gasteiger partial charge in [0.25, 0.3) is 0 Å². The number of amides is 1. The number of carbonyl (C=O) groups excluding carboxylic acids is 1. The predicted octanol–water partition coefficient (Wildman–Crippen LogP) is 1.31. The standard InChI is InChI=1S/C19H27N3O3S/c1-20-10-6-16(13-20)19(23)21-11-7-15-4-5-18(12-17(15)14-21)26(24,25)22-8-2-3-9-22/h4-5,12,16H,2-3,6-11,13-14H2,1H3/t16-/m1/s1. The lowest BCUT2D eigenvalue weighted by molar-refractivity contribution is -0.136. The Hall–Kier alpha value is -1.44. The quantitative estimate of drug-likeness (QED) is 0.797. The molecule has 0 N–H and O–H groups in total. The molecule has 0 radical (unpaired) electrons. The molecule has 0 aliphatic carbocycles. The van der Waals surface area contributed by atoms with Gasteiger partial charge in [0.05, 0.1) is 10.8 Å². The Bertz CT molecular complexity index is 802. The largest absolute Gasteiger partial charge is 0.338 e. The van der Waals surface area contributed by atoms with Crippen molar-refractivity contribution in [2.45, 2.75) is 37.1 Å². The molecule has 3 heterocycles. The van der Waals surface area contributed by atoms with Crippen LogP contribution in [0, 0.1) is 5.92 Å². The van der Waals surface area contributed by atoms with Crippen molar-refractivity contribution in [3.05, 3.63) is 29.3 Å². The van der Waals surface area contributed by atoms with Gasteiger partial charge < -0.3 is 9.80 Å². The number of hydrogen-bond acceptors (Lipinski definition) is 4. The molecule has 4 rings (SSSR count). The second kappa shape index (κ2) is 6.94. The van der Waals surface area contributed by atoms with Crippen molar-refractivity contribution in [3.8, 4) is 0 Å². The van der Waals surface area contributed by atoms with E-state index in [4.69, 9.17) is 0 Å². The molecule has 1 aromatic carbocycles. The van der Waals surface area contributed by atoms with Gasteiger partial charge in [0.1, 0.15) is 0 Å². The fourth-order valence-corrected chi connectivity index (χ4v) is 5.92. The van der Waals surface area contributed by atoms with Crippen molar-refractivity contribution >= 4 is 15.9 Å². The Morgan fingerprint density at radius 3 is 2.54 bits per heavy atom. The second-order valence-electron chi connectivity index (χ2n) is 7.80. The van der Waals surface area contributed by atoms with Gasteiger partial charge in [0.15, 0.2) is 0 Å². The molecular weight excluding hydrogens is 350 g/mol. The van der Waals surface area contributed by atoms with Gasteiger partial charge in [0.2, 0.25) is 15.9 Å². The lowest BCUT2D eigenvalue weighted by Crippen LogP contribution is -2.40. The van der Waals surface area contributed by atoms with Gasteiger partial charge in [-0.05, 0) is 62.5 Å². The van der Waals surface area contributed by atoms with E-state index in [0.29, 0.717) is 24.5 Å². The molecule has 0 spiro atoms. The zero-order chi connectivity index (χ0) is 18.3. The van der Waals surface area contributed by atoms with Crippen LogP contribution in [-0.2, 0) is 27.8 Å². The first-order valence-corrected chi connectivity index (χ1v) is 11.0. The van der Waals surface area contributed by atoms with Gasteiger partial charge in [-0.25, -0.2) is 8.42 Å². The van der Waals surface area contributed by atoms with E-state index in [1.165, 1.54) is 0 Å². The van der Waals surface area contributed by atoms with Crippen LogP contribution in [0.5, 0.6) is 0 Å². The monoisotopic (exact) mass is 377 g/mol. The molecular formula is C19H27N3O3S. The maximum atomic E-state index is 12.8. The molecule has 0 unspecified atom stereocenters. The van der Waals surface area contributed by atoms with Crippen molar-refractivity contribution in [2.75, 3.05) is 39.8 Å². The summed E-state index contributed by atoms with van der Waals surface area (Å²) in [5, 5.41) is 0. The van der Waals surface area contributed by atoms with Crippen LogP contribution >= 0.6 is 0 Å². The second-order valence-corrected chi connectivity index (χ2v) is 9.74. The van der Waals surface area contributed by atoms with Crippen LogP contribution in [0.1, 0.15) is 30.4 Å². The molecule has 0 aromatic heterocycles. The molecule has 3 aliphatic rings. The van der Waals surface area contributed by atoms with Gasteiger partial charge in [-0.15, -0.1) is 0 Å². The minimum atomic E-state index is -3.41. The van der Waals surface area contributed by atoms with E-state index < -0.39 is 10.0 Å². The number of benzene rings is 1. The van der Waals surface area contributed by atoms with E-state index in [1.807, 2.05) is 18.0 Å². The molecule has 0 saturated carbocycles. The van der Waals surface area contributed by atoms with Crippen LogP contribution in [0.3, 0.4) is 0 Å². The fourth-order valence-electron chi connectivity index (χ4n) is 4.35. The van der Waals surface area contributed by atoms with Gasteiger partial charge in [0, 0.05) is 32.7 Å². The number of nitrogens with zero attached hydrogens (tertiary/aromatic N) is 3. The van der Waals surface area contributed by atoms with Crippen LogP contribution in [0.2, 0.25) is 0 Å². The highest BCUT2D eigenvalue weighted by atomic mass is 32.2. The summed E-state index contributed by atoms with van der Waals surface area (Å²) in [6.45, 7) is 4.27. The van der Waals surface area contributed by atoms with Crippen LogP contribution < -0.4 is 0 Å². The smallest absolute Gasteiger partial charge is 0.243 e. The first kappa shape index (κ1) is 17.9. The summed E-state index contributed by atoms with van der Waals surface area (Å²) in [4.78, 5) is 17.3. The van der Waals surface area contributed by atoms with Crippen LogP contribution in [0.25, 0.3) is 0 Å². The Morgan fingerprint density at radius 1 is 1.08 bits per heavy atom. The van der Waals surface area contributed by atoms with E-state index in [0.717, 1.165) is 56.4 Å². The molecule has 7 heteroatoms. The summed E-state index contributed by atoms with van der Waals surface area (Å²) in [5.41, 5.74) is 2.15. The summed E-state index contributed by atoms with van der Waals surface area (Å²) in [6, 6.07) is 5.46. The van der Waals surface area contributed by atoms with Gasteiger partial charge in [-0.1, -0.05) is 6.07 Å². The number of rotatable bonds is 3. The van der Waals surface area contributed by atoms with E-state index in [1.54, 1.807) is 16.4 Å². The maximum absolute atomic E-state index is 12.8. The lowest BCUT2D eigenvalue weighted by Gasteiger charge is -2.31. The molecule has 26 heavy (non-hydrogen) atoms. The molecule has 3 aliphatic heterocycles. The normalized spacial score (nSPS) is 24.8. The molecule has 6 nitrogen and oxygen atoms in total.